The van der Waals surface area contributed by atoms with E-state index in [0.717, 1.165) is 32.7 Å². The minimum absolute atomic E-state index is 0.00250. The lowest BCUT2D eigenvalue weighted by Crippen LogP contribution is -2.48. The van der Waals surface area contributed by atoms with E-state index in [2.05, 4.69) is 39.4 Å². The first-order chi connectivity index (χ1) is 13.7. The molecule has 1 N–H and O–H groups in total. The lowest BCUT2D eigenvalue weighted by atomic mass is 10.2. The van der Waals surface area contributed by atoms with Gasteiger partial charge in [0.15, 0.2) is 0 Å². The quantitative estimate of drug-likeness (QED) is 0.679. The standard InChI is InChI=1S/C20H30N4O3S/c25-19(16-28-17-20(26)24-12-14-27-15-13-24)21-6-7-22-8-10-23(11-9-22)18-4-2-1-3-5-18/h1-5H,6-17H2,(H,21,25). The van der Waals surface area contributed by atoms with Gasteiger partial charge in [-0.15, -0.1) is 11.8 Å². The molecular formula is C20H30N4O3S. The number of nitrogens with zero attached hydrogens (tertiary/aromatic N) is 3. The summed E-state index contributed by atoms with van der Waals surface area (Å²) in [6, 6.07) is 10.5. The van der Waals surface area contributed by atoms with E-state index < -0.39 is 0 Å². The number of anilines is 1. The topological polar surface area (TPSA) is 65.1 Å². The van der Waals surface area contributed by atoms with Gasteiger partial charge in [-0.05, 0) is 12.1 Å². The Morgan fingerprint density at radius 1 is 0.964 bits per heavy atom. The molecule has 28 heavy (non-hydrogen) atoms. The number of carbonyl (C=O) groups excluding carboxylic acids is 2. The zero-order valence-corrected chi connectivity index (χ0v) is 17.2. The van der Waals surface area contributed by atoms with Crippen molar-refractivity contribution in [3.63, 3.8) is 0 Å². The summed E-state index contributed by atoms with van der Waals surface area (Å²) in [6.45, 7) is 8.09. The minimum Gasteiger partial charge on any atom is -0.378 e. The number of rotatable bonds is 8. The van der Waals surface area contributed by atoms with Crippen LogP contribution in [-0.4, -0.2) is 98.7 Å². The van der Waals surface area contributed by atoms with E-state index in [0.29, 0.717) is 44.4 Å². The SMILES string of the molecule is O=C(CSCC(=O)N1CCOCC1)NCCN1CCN(c2ccccc2)CC1. The van der Waals surface area contributed by atoms with Crippen LogP contribution in [0.5, 0.6) is 0 Å². The first kappa shape index (κ1) is 21.0. The van der Waals surface area contributed by atoms with Gasteiger partial charge in [-0.3, -0.25) is 14.5 Å². The van der Waals surface area contributed by atoms with Crippen LogP contribution in [0, 0.1) is 0 Å². The summed E-state index contributed by atoms with van der Waals surface area (Å²) in [7, 11) is 0. The van der Waals surface area contributed by atoms with Crippen molar-refractivity contribution in [1.82, 2.24) is 15.1 Å². The molecular weight excluding hydrogens is 376 g/mol. The van der Waals surface area contributed by atoms with Crippen LogP contribution in [0.25, 0.3) is 0 Å². The lowest BCUT2D eigenvalue weighted by molar-refractivity contribution is -0.132. The molecule has 0 saturated carbocycles. The van der Waals surface area contributed by atoms with Crippen LogP contribution in [0.2, 0.25) is 0 Å². The van der Waals surface area contributed by atoms with E-state index in [4.69, 9.17) is 4.74 Å². The van der Waals surface area contributed by atoms with Crippen molar-refractivity contribution in [2.24, 2.45) is 0 Å². The molecule has 2 saturated heterocycles. The number of piperazine rings is 1. The third kappa shape index (κ3) is 6.68. The predicted molar refractivity (Wildman–Crippen MR) is 113 cm³/mol. The van der Waals surface area contributed by atoms with Crippen molar-refractivity contribution in [3.8, 4) is 0 Å². The van der Waals surface area contributed by atoms with Gasteiger partial charge in [0.05, 0.1) is 24.7 Å². The molecule has 1 aromatic rings. The van der Waals surface area contributed by atoms with Crippen LogP contribution in [0.3, 0.4) is 0 Å². The Balaban J connectivity index is 1.23. The highest BCUT2D eigenvalue weighted by atomic mass is 32.2. The summed E-state index contributed by atoms with van der Waals surface area (Å²) in [4.78, 5) is 30.6. The van der Waals surface area contributed by atoms with E-state index in [1.807, 2.05) is 11.0 Å². The van der Waals surface area contributed by atoms with Gasteiger partial charge in [-0.2, -0.15) is 0 Å². The molecule has 0 bridgehead atoms. The van der Waals surface area contributed by atoms with E-state index in [1.165, 1.54) is 17.4 Å². The van der Waals surface area contributed by atoms with E-state index in [9.17, 15) is 9.59 Å². The van der Waals surface area contributed by atoms with E-state index in [1.54, 1.807) is 0 Å². The molecule has 1 aromatic carbocycles. The third-order valence-corrected chi connectivity index (χ3v) is 5.98. The van der Waals surface area contributed by atoms with Gasteiger partial charge in [-0.1, -0.05) is 18.2 Å². The number of ether oxygens (including phenoxy) is 1. The van der Waals surface area contributed by atoms with Crippen molar-refractivity contribution in [2.75, 3.05) is 82.0 Å². The van der Waals surface area contributed by atoms with Gasteiger partial charge in [-0.25, -0.2) is 0 Å². The van der Waals surface area contributed by atoms with Crippen molar-refractivity contribution >= 4 is 29.3 Å². The zero-order chi connectivity index (χ0) is 19.6. The first-order valence-electron chi connectivity index (χ1n) is 9.95. The highest BCUT2D eigenvalue weighted by molar-refractivity contribution is 8.00. The van der Waals surface area contributed by atoms with Gasteiger partial charge in [0.1, 0.15) is 0 Å². The third-order valence-electron chi connectivity index (χ3n) is 5.07. The monoisotopic (exact) mass is 406 g/mol. The average molecular weight is 407 g/mol. The number of morpholine rings is 1. The molecule has 0 atom stereocenters. The summed E-state index contributed by atoms with van der Waals surface area (Å²) in [5.41, 5.74) is 1.28. The molecule has 3 rings (SSSR count). The summed E-state index contributed by atoms with van der Waals surface area (Å²) in [5.74, 6) is 0.785. The van der Waals surface area contributed by atoms with Crippen LogP contribution < -0.4 is 10.2 Å². The zero-order valence-electron chi connectivity index (χ0n) is 16.3. The smallest absolute Gasteiger partial charge is 0.232 e. The highest BCUT2D eigenvalue weighted by Crippen LogP contribution is 2.15. The van der Waals surface area contributed by atoms with Crippen LogP contribution >= 0.6 is 11.8 Å². The van der Waals surface area contributed by atoms with Crippen molar-refractivity contribution in [3.05, 3.63) is 30.3 Å². The molecule has 0 unspecified atom stereocenters. The summed E-state index contributed by atoms with van der Waals surface area (Å²) in [5, 5.41) is 2.97. The summed E-state index contributed by atoms with van der Waals surface area (Å²) in [6.07, 6.45) is 0. The molecule has 0 radical (unpaired) electrons. The number of carbonyl (C=O) groups is 2. The molecule has 2 aliphatic heterocycles. The molecule has 2 aliphatic rings. The van der Waals surface area contributed by atoms with Crippen molar-refractivity contribution in [1.29, 1.82) is 0 Å². The van der Waals surface area contributed by atoms with Crippen molar-refractivity contribution in [2.45, 2.75) is 0 Å². The Labute approximate surface area is 171 Å². The number of amides is 2. The van der Waals surface area contributed by atoms with Gasteiger partial charge < -0.3 is 19.9 Å². The molecule has 8 heteroatoms. The van der Waals surface area contributed by atoms with Crippen LogP contribution in [-0.2, 0) is 14.3 Å². The van der Waals surface area contributed by atoms with Crippen LogP contribution in [0.15, 0.2) is 30.3 Å². The normalized spacial score (nSPS) is 18.1. The minimum atomic E-state index is 0.00250. The van der Waals surface area contributed by atoms with Gasteiger partial charge >= 0.3 is 0 Å². The molecule has 0 spiro atoms. The fourth-order valence-electron chi connectivity index (χ4n) is 3.41. The van der Waals surface area contributed by atoms with E-state index in [-0.39, 0.29) is 11.8 Å². The Bertz CT molecular complexity index is 617. The Morgan fingerprint density at radius 2 is 1.68 bits per heavy atom. The Kier molecular flexibility index (Phi) is 8.44. The number of hydrogen-bond acceptors (Lipinski definition) is 6. The summed E-state index contributed by atoms with van der Waals surface area (Å²) >= 11 is 1.38. The van der Waals surface area contributed by atoms with Gasteiger partial charge in [0, 0.05) is 58.0 Å². The van der Waals surface area contributed by atoms with Gasteiger partial charge in [0.25, 0.3) is 0 Å². The maximum Gasteiger partial charge on any atom is 0.232 e. The van der Waals surface area contributed by atoms with Gasteiger partial charge in [0.2, 0.25) is 11.8 Å². The summed E-state index contributed by atoms with van der Waals surface area (Å²) < 4.78 is 5.24. The number of benzene rings is 1. The van der Waals surface area contributed by atoms with Crippen LogP contribution in [0.1, 0.15) is 0 Å². The molecule has 154 valence electrons. The fourth-order valence-corrected chi connectivity index (χ4v) is 4.15. The highest BCUT2D eigenvalue weighted by Gasteiger charge is 2.18. The largest absolute Gasteiger partial charge is 0.378 e. The second-order valence-electron chi connectivity index (χ2n) is 7.00. The maximum absolute atomic E-state index is 12.0. The second-order valence-corrected chi connectivity index (χ2v) is 7.99. The number of hydrogen-bond donors (Lipinski definition) is 1. The maximum atomic E-state index is 12.0. The van der Waals surface area contributed by atoms with E-state index >= 15 is 0 Å². The number of nitrogens with one attached hydrogen (secondary N) is 1. The number of thioether (sulfide) groups is 1. The molecule has 7 nitrogen and oxygen atoms in total. The molecule has 0 aliphatic carbocycles. The molecule has 2 heterocycles. The molecule has 2 amide bonds. The number of para-hydroxylation sites is 1. The average Bonchev–Trinajstić information content (AvgIpc) is 2.75. The molecule has 0 aromatic heterocycles. The Hall–Kier alpha value is -1.77. The lowest BCUT2D eigenvalue weighted by Gasteiger charge is -2.36. The fraction of sp³-hybridized carbons (Fsp3) is 0.600. The van der Waals surface area contributed by atoms with Crippen LogP contribution in [0.4, 0.5) is 5.69 Å². The second kappa shape index (κ2) is 11.3. The predicted octanol–water partition coefficient (Wildman–Crippen LogP) is 0.517. The molecule has 2 fully saturated rings. The van der Waals surface area contributed by atoms with Crippen molar-refractivity contribution < 1.29 is 14.3 Å². The Morgan fingerprint density at radius 3 is 2.39 bits per heavy atom. The first-order valence-corrected chi connectivity index (χ1v) is 11.1.